The summed E-state index contributed by atoms with van der Waals surface area (Å²) in [4.78, 5) is 0. The Morgan fingerprint density at radius 1 is 1.28 bits per heavy atom. The molecule has 0 spiro atoms. The molecule has 1 aromatic carbocycles. The van der Waals surface area contributed by atoms with Gasteiger partial charge in [0.2, 0.25) is 12.7 Å². The van der Waals surface area contributed by atoms with Gasteiger partial charge in [-0.1, -0.05) is 0 Å². The molecule has 0 radical (unpaired) electrons. The van der Waals surface area contributed by atoms with E-state index in [2.05, 4.69) is 10.2 Å². The highest BCUT2D eigenvalue weighted by molar-refractivity contribution is 7.98. The maximum absolute atomic E-state index is 5.50. The molecule has 0 unspecified atom stereocenters. The van der Waals surface area contributed by atoms with Gasteiger partial charge in [0.1, 0.15) is 5.94 Å². The Hall–Kier alpha value is -1.73. The number of hydrogen-bond acceptors (Lipinski definition) is 7. The lowest BCUT2D eigenvalue weighted by atomic mass is 10.2. The third-order valence-electron chi connectivity index (χ3n) is 2.33. The molecule has 3 rings (SSSR count). The fourth-order valence-corrected chi connectivity index (χ4v) is 1.98. The second-order valence-corrected chi connectivity index (χ2v) is 4.37. The van der Waals surface area contributed by atoms with Gasteiger partial charge in [-0.15, -0.1) is 10.2 Å². The maximum Gasteiger partial charge on any atom is 0.279 e. The van der Waals surface area contributed by atoms with E-state index in [0.717, 1.165) is 11.3 Å². The van der Waals surface area contributed by atoms with E-state index in [1.165, 1.54) is 11.8 Å². The lowest BCUT2D eigenvalue weighted by molar-refractivity contribution is 0.174. The van der Waals surface area contributed by atoms with E-state index in [-0.39, 0.29) is 6.79 Å². The number of thioether (sulfide) groups is 1. The van der Waals surface area contributed by atoms with Crippen molar-refractivity contribution < 1.29 is 18.6 Å². The van der Waals surface area contributed by atoms with Crippen LogP contribution >= 0.6 is 11.8 Å². The minimum atomic E-state index is 0.248. The number of aromatic nitrogens is 2. The van der Waals surface area contributed by atoms with Crippen LogP contribution in [0.4, 0.5) is 0 Å². The van der Waals surface area contributed by atoms with Gasteiger partial charge < -0.3 is 18.6 Å². The Balaban J connectivity index is 1.83. The van der Waals surface area contributed by atoms with Gasteiger partial charge in [-0.05, 0) is 30.0 Å². The van der Waals surface area contributed by atoms with E-state index < -0.39 is 0 Å². The summed E-state index contributed by atoms with van der Waals surface area (Å²) >= 11 is 1.34. The first-order chi connectivity index (χ1) is 8.86. The summed E-state index contributed by atoms with van der Waals surface area (Å²) in [7, 11) is 1.61. The van der Waals surface area contributed by atoms with Crippen molar-refractivity contribution >= 4 is 11.8 Å². The molecule has 7 heteroatoms. The predicted octanol–water partition coefficient (Wildman–Crippen LogP) is 2.16. The quantitative estimate of drug-likeness (QED) is 0.620. The van der Waals surface area contributed by atoms with E-state index in [1.54, 1.807) is 7.11 Å². The van der Waals surface area contributed by atoms with E-state index in [0.29, 0.717) is 22.8 Å². The summed E-state index contributed by atoms with van der Waals surface area (Å²) < 4.78 is 20.9. The second-order valence-electron chi connectivity index (χ2n) is 3.49. The third kappa shape index (κ3) is 2.14. The zero-order valence-electron chi connectivity index (χ0n) is 9.58. The number of nitrogens with zero attached hydrogens (tertiary/aromatic N) is 2. The standard InChI is InChI=1S/C11H10N2O4S/c1-14-6-18-11-13-12-10(17-11)7-2-3-8-9(4-7)16-5-15-8/h2-4H,5-6H2,1H3. The average Bonchev–Trinajstić information content (AvgIpc) is 3.04. The van der Waals surface area contributed by atoms with Crippen LogP contribution < -0.4 is 9.47 Å². The van der Waals surface area contributed by atoms with E-state index in [9.17, 15) is 0 Å². The lowest BCUT2D eigenvalue weighted by Gasteiger charge is -1.97. The Bertz CT molecular complexity index is 558. The molecule has 18 heavy (non-hydrogen) atoms. The van der Waals surface area contributed by atoms with Gasteiger partial charge in [-0.25, -0.2) is 0 Å². The van der Waals surface area contributed by atoms with Crippen molar-refractivity contribution in [3.05, 3.63) is 18.2 Å². The molecule has 0 saturated carbocycles. The van der Waals surface area contributed by atoms with Crippen molar-refractivity contribution in [2.24, 2.45) is 0 Å². The first-order valence-electron chi connectivity index (χ1n) is 5.22. The van der Waals surface area contributed by atoms with Crippen LogP contribution in [0.1, 0.15) is 0 Å². The molecule has 1 aliphatic rings. The molecular weight excluding hydrogens is 256 g/mol. The monoisotopic (exact) mass is 266 g/mol. The van der Waals surface area contributed by atoms with Crippen LogP contribution in [0, 0.1) is 0 Å². The molecule has 0 bridgehead atoms. The molecule has 6 nitrogen and oxygen atoms in total. The van der Waals surface area contributed by atoms with Gasteiger partial charge >= 0.3 is 0 Å². The maximum atomic E-state index is 5.50. The van der Waals surface area contributed by atoms with Crippen LogP contribution in [0.15, 0.2) is 27.8 Å². The number of benzene rings is 1. The van der Waals surface area contributed by atoms with Gasteiger partial charge in [0, 0.05) is 12.7 Å². The largest absolute Gasteiger partial charge is 0.454 e. The second kappa shape index (κ2) is 4.87. The molecule has 0 aliphatic carbocycles. The first-order valence-corrected chi connectivity index (χ1v) is 6.20. The first kappa shape index (κ1) is 11.4. The zero-order chi connectivity index (χ0) is 12.4. The summed E-state index contributed by atoms with van der Waals surface area (Å²) in [5.74, 6) is 2.35. The van der Waals surface area contributed by atoms with Gasteiger partial charge in [0.25, 0.3) is 5.22 Å². The summed E-state index contributed by atoms with van der Waals surface area (Å²) in [5, 5.41) is 8.37. The molecule has 1 aromatic heterocycles. The lowest BCUT2D eigenvalue weighted by Crippen LogP contribution is -1.92. The molecule has 0 fully saturated rings. The molecule has 94 valence electrons. The number of rotatable bonds is 4. The Morgan fingerprint density at radius 3 is 3.06 bits per heavy atom. The minimum absolute atomic E-state index is 0.248. The van der Waals surface area contributed by atoms with Crippen molar-refractivity contribution in [2.75, 3.05) is 19.8 Å². The van der Waals surface area contributed by atoms with Crippen LogP contribution in [0.3, 0.4) is 0 Å². The smallest absolute Gasteiger partial charge is 0.279 e. The molecule has 2 aromatic rings. The fourth-order valence-electron chi connectivity index (χ4n) is 1.52. The number of fused-ring (bicyclic) bond motifs is 1. The average molecular weight is 266 g/mol. The van der Waals surface area contributed by atoms with Crippen molar-refractivity contribution in [1.82, 2.24) is 10.2 Å². The van der Waals surface area contributed by atoms with Crippen molar-refractivity contribution in [1.29, 1.82) is 0 Å². The van der Waals surface area contributed by atoms with Gasteiger partial charge in [0.05, 0.1) is 0 Å². The summed E-state index contributed by atoms with van der Waals surface area (Å²) in [6.45, 7) is 0.248. The number of hydrogen-bond donors (Lipinski definition) is 0. The van der Waals surface area contributed by atoms with E-state index in [4.69, 9.17) is 18.6 Å². The molecule has 0 N–H and O–H groups in total. The molecule has 2 heterocycles. The van der Waals surface area contributed by atoms with Crippen LogP contribution in [0.25, 0.3) is 11.5 Å². The summed E-state index contributed by atoms with van der Waals surface area (Å²) in [6, 6.07) is 5.50. The zero-order valence-corrected chi connectivity index (χ0v) is 10.4. The molecule has 0 saturated heterocycles. The van der Waals surface area contributed by atoms with Gasteiger partial charge in [-0.2, -0.15) is 0 Å². The SMILES string of the molecule is COCSc1nnc(-c2ccc3c(c2)OCO3)o1. The molecular formula is C11H10N2O4S. The topological polar surface area (TPSA) is 66.6 Å². The fraction of sp³-hybridized carbons (Fsp3) is 0.273. The van der Waals surface area contributed by atoms with Crippen LogP contribution in [0.2, 0.25) is 0 Å². The highest BCUT2D eigenvalue weighted by Gasteiger charge is 2.16. The van der Waals surface area contributed by atoms with Crippen LogP contribution in [-0.2, 0) is 4.74 Å². The Labute approximate surface area is 107 Å². The van der Waals surface area contributed by atoms with Gasteiger partial charge in [0.15, 0.2) is 11.5 Å². The predicted molar refractivity (Wildman–Crippen MR) is 63.6 cm³/mol. The Kier molecular flexibility index (Phi) is 3.07. The molecule has 0 amide bonds. The molecule has 0 atom stereocenters. The minimum Gasteiger partial charge on any atom is -0.454 e. The van der Waals surface area contributed by atoms with Crippen molar-refractivity contribution in [2.45, 2.75) is 5.22 Å². The highest BCUT2D eigenvalue weighted by atomic mass is 32.2. The van der Waals surface area contributed by atoms with Crippen molar-refractivity contribution in [3.63, 3.8) is 0 Å². The van der Waals surface area contributed by atoms with Gasteiger partial charge in [-0.3, -0.25) is 0 Å². The van der Waals surface area contributed by atoms with E-state index >= 15 is 0 Å². The van der Waals surface area contributed by atoms with Crippen LogP contribution in [0.5, 0.6) is 11.5 Å². The third-order valence-corrected chi connectivity index (χ3v) is 3.09. The number of methoxy groups -OCH3 is 1. The van der Waals surface area contributed by atoms with E-state index in [1.807, 2.05) is 18.2 Å². The normalized spacial score (nSPS) is 12.9. The number of ether oxygens (including phenoxy) is 3. The summed E-state index contributed by atoms with van der Waals surface area (Å²) in [5.41, 5.74) is 0.802. The summed E-state index contributed by atoms with van der Waals surface area (Å²) in [6.07, 6.45) is 0. The molecule has 1 aliphatic heterocycles. The van der Waals surface area contributed by atoms with Crippen LogP contribution in [-0.4, -0.2) is 30.0 Å². The van der Waals surface area contributed by atoms with Crippen molar-refractivity contribution in [3.8, 4) is 23.0 Å². The Morgan fingerprint density at radius 2 is 2.17 bits per heavy atom. The highest BCUT2D eigenvalue weighted by Crippen LogP contribution is 2.35.